The number of aliphatic hydroxyl groups excluding tert-OH is 1. The van der Waals surface area contributed by atoms with Crippen LogP contribution in [0.15, 0.2) is 15.9 Å². The second-order valence-electron chi connectivity index (χ2n) is 1.25. The van der Waals surface area contributed by atoms with Crippen LogP contribution < -0.4 is 0 Å². The molecule has 0 rings (SSSR count). The molecule has 0 aromatic heterocycles. The van der Waals surface area contributed by atoms with Gasteiger partial charge in [-0.3, -0.25) is 0 Å². The van der Waals surface area contributed by atoms with Gasteiger partial charge in [0.2, 0.25) is 0 Å². The van der Waals surface area contributed by atoms with Crippen LogP contribution in [-0.2, 0) is 0 Å². The van der Waals surface area contributed by atoms with Gasteiger partial charge in [0.1, 0.15) is 5.76 Å². The molecule has 3 heteroatoms. The fourth-order valence-corrected chi connectivity index (χ4v) is 0.371. The number of hydrogen-bond donors (Lipinski definition) is 1. The lowest BCUT2D eigenvalue weighted by atomic mass is 10.4. The Bertz CT molecular complexity index is 120. The van der Waals surface area contributed by atoms with Crippen LogP contribution in [0.2, 0.25) is 0 Å². The molecule has 0 saturated carbocycles. The molecule has 46 valence electrons. The molecule has 0 unspecified atom stereocenters. The quantitative estimate of drug-likeness (QED) is 0.349. The minimum absolute atomic E-state index is 0.0849. The second kappa shape index (κ2) is 3.50. The molecule has 0 aromatic carbocycles. The van der Waals surface area contributed by atoms with Crippen LogP contribution in [0.3, 0.4) is 0 Å². The number of nitrogens with zero attached hydrogens (tertiary/aromatic N) is 1. The third kappa shape index (κ3) is 1.98. The highest BCUT2D eigenvalue weighted by atomic mass is 35.5. The van der Waals surface area contributed by atoms with E-state index in [4.69, 9.17) is 16.7 Å². The van der Waals surface area contributed by atoms with E-state index in [9.17, 15) is 0 Å². The monoisotopic (exact) mass is 133 g/mol. The molecule has 0 heterocycles. The van der Waals surface area contributed by atoms with Gasteiger partial charge in [-0.1, -0.05) is 18.5 Å². The Morgan fingerprint density at radius 3 is 2.50 bits per heavy atom. The first-order valence-electron chi connectivity index (χ1n) is 2.26. The summed E-state index contributed by atoms with van der Waals surface area (Å²) in [7, 11) is 0. The highest BCUT2D eigenvalue weighted by Crippen LogP contribution is 2.09. The summed E-state index contributed by atoms with van der Waals surface area (Å²) in [6.07, 6.45) is 0.498. The lowest BCUT2D eigenvalue weighted by Crippen LogP contribution is -1.78. The van der Waals surface area contributed by atoms with E-state index in [1.165, 1.54) is 0 Å². The van der Waals surface area contributed by atoms with E-state index in [0.717, 1.165) is 0 Å². The summed E-state index contributed by atoms with van der Waals surface area (Å²) in [5.41, 5.74) is 0. The predicted octanol–water partition coefficient (Wildman–Crippen LogP) is 2.06. The van der Waals surface area contributed by atoms with Crippen molar-refractivity contribution in [1.29, 1.82) is 0 Å². The van der Waals surface area contributed by atoms with Gasteiger partial charge in [-0.2, -0.15) is 0 Å². The molecule has 0 fully saturated rings. The lowest BCUT2D eigenvalue weighted by Gasteiger charge is -1.91. The number of hydrogen-bond acceptors (Lipinski definition) is 2. The molecule has 8 heavy (non-hydrogen) atoms. The second-order valence-corrected chi connectivity index (χ2v) is 1.61. The molecule has 0 aromatic rings. The molecule has 0 aliphatic heterocycles. The van der Waals surface area contributed by atoms with Gasteiger partial charge >= 0.3 is 0 Å². The summed E-state index contributed by atoms with van der Waals surface area (Å²) in [5, 5.41) is 8.83. The lowest BCUT2D eigenvalue weighted by molar-refractivity contribution is 0.391. The highest BCUT2D eigenvalue weighted by Gasteiger charge is 1.93. The van der Waals surface area contributed by atoms with Gasteiger partial charge in [0.25, 0.3) is 0 Å². The van der Waals surface area contributed by atoms with Gasteiger partial charge in [0.15, 0.2) is 5.16 Å². The summed E-state index contributed by atoms with van der Waals surface area (Å²) in [6, 6.07) is 0. The van der Waals surface area contributed by atoms with Gasteiger partial charge in [-0.25, -0.2) is 4.99 Å². The Hall–Kier alpha value is -0.500. The summed E-state index contributed by atoms with van der Waals surface area (Å²) < 4.78 is 0. The summed E-state index contributed by atoms with van der Waals surface area (Å²) in [6.45, 7) is 4.91. The molecular weight excluding hydrogens is 126 g/mol. The fraction of sp³-hybridized carbons (Fsp3) is 0.400. The van der Waals surface area contributed by atoms with Crippen molar-refractivity contribution in [2.24, 2.45) is 4.99 Å². The summed E-state index contributed by atoms with van der Waals surface area (Å²) >= 11 is 5.32. The van der Waals surface area contributed by atoms with Crippen molar-refractivity contribution < 1.29 is 5.11 Å². The third-order valence-corrected chi connectivity index (χ3v) is 1.05. The topological polar surface area (TPSA) is 32.6 Å². The third-order valence-electron chi connectivity index (χ3n) is 0.712. The standard InChI is InChI=1S/C5H8ClNO/c1-3-4(8)5(6)7-2/h8H,2-3H2,1H3/b5-4+. The summed E-state index contributed by atoms with van der Waals surface area (Å²) in [5.74, 6) is 0.0849. The Kier molecular flexibility index (Phi) is 3.28. The van der Waals surface area contributed by atoms with E-state index in [0.29, 0.717) is 6.42 Å². The molecule has 0 bridgehead atoms. The number of halogens is 1. The van der Waals surface area contributed by atoms with E-state index in [1.807, 2.05) is 0 Å². The van der Waals surface area contributed by atoms with Gasteiger partial charge in [0, 0.05) is 6.42 Å². The maximum atomic E-state index is 8.74. The van der Waals surface area contributed by atoms with E-state index in [1.54, 1.807) is 6.92 Å². The van der Waals surface area contributed by atoms with E-state index in [-0.39, 0.29) is 10.9 Å². The predicted molar refractivity (Wildman–Crippen MR) is 35.3 cm³/mol. The maximum Gasteiger partial charge on any atom is 0.165 e. The molecule has 1 N–H and O–H groups in total. The SMILES string of the molecule is C=N/C(Cl)=C(/O)CC. The van der Waals surface area contributed by atoms with E-state index >= 15 is 0 Å². The smallest absolute Gasteiger partial charge is 0.165 e. The average molecular weight is 134 g/mol. The Morgan fingerprint density at radius 1 is 1.88 bits per heavy atom. The van der Waals surface area contributed by atoms with Crippen LogP contribution in [0.1, 0.15) is 13.3 Å². The van der Waals surface area contributed by atoms with Crippen LogP contribution in [0.4, 0.5) is 0 Å². The average Bonchev–Trinajstić information content (AvgIpc) is 1.84. The number of aliphatic imine (C=N–C) groups is 1. The maximum absolute atomic E-state index is 8.74. The number of aliphatic hydroxyl groups is 1. The first kappa shape index (κ1) is 7.50. The zero-order chi connectivity index (χ0) is 6.57. The molecule has 0 radical (unpaired) electrons. The molecule has 0 spiro atoms. The van der Waals surface area contributed by atoms with Crippen molar-refractivity contribution in [3.63, 3.8) is 0 Å². The highest BCUT2D eigenvalue weighted by molar-refractivity contribution is 6.29. The Labute approximate surface area is 53.5 Å². The molecule has 0 atom stereocenters. The zero-order valence-electron chi connectivity index (χ0n) is 4.69. The summed E-state index contributed by atoms with van der Waals surface area (Å²) in [4.78, 5) is 3.30. The van der Waals surface area contributed by atoms with Gasteiger partial charge in [0.05, 0.1) is 0 Å². The Morgan fingerprint density at radius 2 is 2.38 bits per heavy atom. The molecule has 0 aliphatic rings. The van der Waals surface area contributed by atoms with Crippen LogP contribution in [0, 0.1) is 0 Å². The first-order chi connectivity index (χ1) is 3.72. The van der Waals surface area contributed by atoms with Crippen LogP contribution in [0.5, 0.6) is 0 Å². The first-order valence-corrected chi connectivity index (χ1v) is 2.64. The van der Waals surface area contributed by atoms with Crippen molar-refractivity contribution in [3.05, 3.63) is 10.9 Å². The van der Waals surface area contributed by atoms with Crippen molar-refractivity contribution in [2.45, 2.75) is 13.3 Å². The minimum Gasteiger partial charge on any atom is -0.509 e. The van der Waals surface area contributed by atoms with Crippen molar-refractivity contribution in [2.75, 3.05) is 0 Å². The van der Waals surface area contributed by atoms with Crippen LogP contribution in [0.25, 0.3) is 0 Å². The van der Waals surface area contributed by atoms with Crippen LogP contribution >= 0.6 is 11.6 Å². The van der Waals surface area contributed by atoms with E-state index in [2.05, 4.69) is 11.7 Å². The van der Waals surface area contributed by atoms with Gasteiger partial charge < -0.3 is 5.11 Å². The van der Waals surface area contributed by atoms with Crippen LogP contribution in [-0.4, -0.2) is 11.8 Å². The van der Waals surface area contributed by atoms with Crippen molar-refractivity contribution >= 4 is 18.3 Å². The zero-order valence-corrected chi connectivity index (χ0v) is 5.44. The van der Waals surface area contributed by atoms with Gasteiger partial charge in [-0.05, 0) is 6.72 Å². The molecule has 0 saturated heterocycles. The molecular formula is C5H8ClNO. The normalized spacial score (nSPS) is 12.8. The van der Waals surface area contributed by atoms with E-state index < -0.39 is 0 Å². The molecule has 2 nitrogen and oxygen atoms in total. The Balaban J connectivity index is 4.03. The largest absolute Gasteiger partial charge is 0.509 e. The van der Waals surface area contributed by atoms with Gasteiger partial charge in [-0.15, -0.1) is 0 Å². The molecule has 0 aliphatic carbocycles. The van der Waals surface area contributed by atoms with Crippen molar-refractivity contribution in [3.8, 4) is 0 Å². The number of allylic oxidation sites excluding steroid dienone is 1. The minimum atomic E-state index is 0.0849. The number of rotatable bonds is 2. The fourth-order valence-electron chi connectivity index (χ4n) is 0.237. The van der Waals surface area contributed by atoms with Crippen molar-refractivity contribution in [1.82, 2.24) is 0 Å². The molecule has 0 amide bonds.